The number of methoxy groups -OCH3 is 1. The summed E-state index contributed by atoms with van der Waals surface area (Å²) in [6.45, 7) is 5.19. The summed E-state index contributed by atoms with van der Waals surface area (Å²) in [5.41, 5.74) is 3.53. The zero-order valence-corrected chi connectivity index (χ0v) is 19.5. The number of ether oxygens (including phenoxy) is 1. The van der Waals surface area contributed by atoms with E-state index >= 15 is 0 Å². The Kier molecular flexibility index (Phi) is 8.89. The summed E-state index contributed by atoms with van der Waals surface area (Å²) >= 11 is 0. The molecule has 0 radical (unpaired) electrons. The Morgan fingerprint density at radius 2 is 1.87 bits per heavy atom. The van der Waals surface area contributed by atoms with Crippen LogP contribution in [0.2, 0.25) is 0 Å². The zero-order chi connectivity index (χ0) is 20.3. The molecule has 2 aromatic carbocycles. The highest BCUT2D eigenvalue weighted by molar-refractivity contribution is 5.97. The molecule has 3 aromatic rings. The van der Waals surface area contributed by atoms with Crippen LogP contribution in [-0.2, 0) is 4.74 Å². The van der Waals surface area contributed by atoms with E-state index in [1.165, 1.54) is 0 Å². The highest BCUT2D eigenvalue weighted by Crippen LogP contribution is 2.28. The number of amides is 1. The molecule has 1 aromatic heterocycles. The molecule has 0 spiro atoms. The van der Waals surface area contributed by atoms with Crippen molar-refractivity contribution < 1.29 is 9.53 Å². The van der Waals surface area contributed by atoms with Crippen molar-refractivity contribution in [2.24, 2.45) is 5.41 Å². The number of hydrogen-bond donors (Lipinski definition) is 2. The highest BCUT2D eigenvalue weighted by atomic mass is 35.5. The number of aromatic nitrogens is 2. The molecule has 4 rings (SSSR count). The quantitative estimate of drug-likeness (QED) is 0.579. The van der Waals surface area contributed by atoms with Crippen LogP contribution in [0.25, 0.3) is 16.7 Å². The highest BCUT2D eigenvalue weighted by Gasteiger charge is 2.32. The normalized spacial score (nSPS) is 15.0. The molecular formula is C23H30Cl2N4O2. The van der Waals surface area contributed by atoms with Crippen molar-refractivity contribution in [3.05, 3.63) is 59.9 Å². The van der Waals surface area contributed by atoms with Gasteiger partial charge < -0.3 is 15.4 Å². The fraction of sp³-hybridized carbons (Fsp3) is 0.391. The number of carbonyl (C=O) groups excluding carboxylic acids is 1. The van der Waals surface area contributed by atoms with Crippen molar-refractivity contribution in [3.8, 4) is 5.69 Å². The summed E-state index contributed by atoms with van der Waals surface area (Å²) in [6, 6.07) is 15.9. The zero-order valence-electron chi connectivity index (χ0n) is 17.9. The van der Waals surface area contributed by atoms with Crippen molar-refractivity contribution in [1.29, 1.82) is 0 Å². The van der Waals surface area contributed by atoms with Crippen molar-refractivity contribution in [2.75, 3.05) is 33.4 Å². The third-order valence-electron chi connectivity index (χ3n) is 5.84. The van der Waals surface area contributed by atoms with E-state index in [1.54, 1.807) is 7.11 Å². The molecule has 0 atom stereocenters. The van der Waals surface area contributed by atoms with Crippen LogP contribution in [0, 0.1) is 12.3 Å². The largest absolute Gasteiger partial charge is 0.384 e. The Balaban J connectivity index is 0.00000171. The van der Waals surface area contributed by atoms with E-state index in [0.29, 0.717) is 18.7 Å². The van der Waals surface area contributed by atoms with E-state index in [-0.39, 0.29) is 36.1 Å². The summed E-state index contributed by atoms with van der Waals surface area (Å²) in [5, 5.41) is 6.51. The fourth-order valence-corrected chi connectivity index (χ4v) is 4.25. The second kappa shape index (κ2) is 11.0. The van der Waals surface area contributed by atoms with Crippen molar-refractivity contribution in [2.45, 2.75) is 19.8 Å². The minimum Gasteiger partial charge on any atom is -0.384 e. The summed E-state index contributed by atoms with van der Waals surface area (Å²) in [5.74, 6) is 0.838. The third-order valence-corrected chi connectivity index (χ3v) is 5.84. The lowest BCUT2D eigenvalue weighted by Crippen LogP contribution is -2.47. The van der Waals surface area contributed by atoms with Gasteiger partial charge in [0, 0.05) is 30.3 Å². The smallest absolute Gasteiger partial charge is 0.251 e. The average molecular weight is 465 g/mol. The van der Waals surface area contributed by atoms with Gasteiger partial charge in [0.05, 0.1) is 17.6 Å². The molecule has 168 valence electrons. The predicted molar refractivity (Wildman–Crippen MR) is 129 cm³/mol. The van der Waals surface area contributed by atoms with Crippen LogP contribution in [0.4, 0.5) is 0 Å². The summed E-state index contributed by atoms with van der Waals surface area (Å²) in [4.78, 5) is 17.5. The van der Waals surface area contributed by atoms with Gasteiger partial charge in [0.2, 0.25) is 0 Å². The lowest BCUT2D eigenvalue weighted by Gasteiger charge is -2.37. The summed E-state index contributed by atoms with van der Waals surface area (Å²) in [7, 11) is 1.73. The number of benzene rings is 2. The maximum Gasteiger partial charge on any atom is 0.251 e. The third kappa shape index (κ3) is 5.39. The lowest BCUT2D eigenvalue weighted by atomic mass is 9.79. The molecule has 0 bridgehead atoms. The minimum atomic E-state index is -0.0622. The van der Waals surface area contributed by atoms with Crippen LogP contribution >= 0.6 is 24.8 Å². The van der Waals surface area contributed by atoms with E-state index in [0.717, 1.165) is 48.5 Å². The average Bonchev–Trinajstić information content (AvgIpc) is 3.08. The molecule has 0 unspecified atom stereocenters. The Morgan fingerprint density at radius 3 is 2.55 bits per heavy atom. The van der Waals surface area contributed by atoms with Crippen LogP contribution in [0.1, 0.15) is 29.0 Å². The first-order valence-corrected chi connectivity index (χ1v) is 10.1. The van der Waals surface area contributed by atoms with Gasteiger partial charge in [0.15, 0.2) is 0 Å². The maximum absolute atomic E-state index is 12.8. The van der Waals surface area contributed by atoms with Gasteiger partial charge in [-0.1, -0.05) is 18.2 Å². The van der Waals surface area contributed by atoms with Gasteiger partial charge in [-0.2, -0.15) is 0 Å². The molecule has 31 heavy (non-hydrogen) atoms. The molecule has 0 aliphatic carbocycles. The van der Waals surface area contributed by atoms with E-state index in [1.807, 2.05) is 43.3 Å². The predicted octanol–water partition coefficient (Wildman–Crippen LogP) is 3.92. The van der Waals surface area contributed by atoms with Crippen LogP contribution in [-0.4, -0.2) is 48.8 Å². The first-order valence-electron chi connectivity index (χ1n) is 10.1. The topological polar surface area (TPSA) is 68.2 Å². The lowest BCUT2D eigenvalue weighted by molar-refractivity contribution is 0.0512. The van der Waals surface area contributed by atoms with Gasteiger partial charge >= 0.3 is 0 Å². The standard InChI is InChI=1S/C23H28N4O2.2ClH/c1-17-26-20-14-18(8-9-21(20)27(17)19-6-4-3-5-7-19)22(28)25-15-23(16-29-2)10-12-24-13-11-23;;/h3-9,14,24H,10-13,15-16H2,1-2H3,(H,25,28);2*1H. The van der Waals surface area contributed by atoms with Crippen LogP contribution < -0.4 is 10.6 Å². The Labute approximate surface area is 195 Å². The number of hydrogen-bond acceptors (Lipinski definition) is 4. The molecule has 1 aliphatic rings. The number of para-hydroxylation sites is 1. The van der Waals surface area contributed by atoms with Gasteiger partial charge in [-0.3, -0.25) is 9.36 Å². The molecule has 1 fully saturated rings. The number of aryl methyl sites for hydroxylation is 1. The first-order chi connectivity index (χ1) is 14.1. The number of carbonyl (C=O) groups is 1. The Bertz CT molecular complexity index is 996. The minimum absolute atomic E-state index is 0. The van der Waals surface area contributed by atoms with Crippen LogP contribution in [0.3, 0.4) is 0 Å². The van der Waals surface area contributed by atoms with Crippen LogP contribution in [0.15, 0.2) is 48.5 Å². The fourth-order valence-electron chi connectivity index (χ4n) is 4.25. The summed E-state index contributed by atoms with van der Waals surface area (Å²) in [6.07, 6.45) is 2.00. The number of nitrogens with zero attached hydrogens (tertiary/aromatic N) is 2. The monoisotopic (exact) mass is 464 g/mol. The SMILES string of the molecule is COCC1(CNC(=O)c2ccc3c(c2)nc(C)n3-c2ccccc2)CCNCC1.Cl.Cl. The second-order valence-electron chi connectivity index (χ2n) is 7.90. The molecule has 2 N–H and O–H groups in total. The van der Waals surface area contributed by atoms with Crippen molar-refractivity contribution in [3.63, 3.8) is 0 Å². The first kappa shape index (κ1) is 25.1. The molecule has 1 amide bonds. The van der Waals surface area contributed by atoms with Gasteiger partial charge in [-0.05, 0) is 63.2 Å². The molecule has 6 nitrogen and oxygen atoms in total. The number of halogens is 2. The van der Waals surface area contributed by atoms with E-state index in [2.05, 4.69) is 32.3 Å². The van der Waals surface area contributed by atoms with Crippen molar-refractivity contribution >= 4 is 41.8 Å². The number of nitrogens with one attached hydrogen (secondary N) is 2. The Morgan fingerprint density at radius 1 is 1.16 bits per heavy atom. The Hall–Kier alpha value is -2.12. The van der Waals surface area contributed by atoms with Gasteiger partial charge in [-0.25, -0.2) is 4.98 Å². The van der Waals surface area contributed by atoms with Gasteiger partial charge in [0.1, 0.15) is 5.82 Å². The number of fused-ring (bicyclic) bond motifs is 1. The number of imidazole rings is 1. The van der Waals surface area contributed by atoms with Crippen LogP contribution in [0.5, 0.6) is 0 Å². The van der Waals surface area contributed by atoms with Crippen molar-refractivity contribution in [1.82, 2.24) is 20.2 Å². The molecule has 8 heteroatoms. The number of piperidine rings is 1. The van der Waals surface area contributed by atoms with Gasteiger partial charge in [-0.15, -0.1) is 24.8 Å². The molecule has 2 heterocycles. The van der Waals surface area contributed by atoms with E-state index in [4.69, 9.17) is 4.74 Å². The molecule has 1 saturated heterocycles. The summed E-state index contributed by atoms with van der Waals surface area (Å²) < 4.78 is 7.56. The van der Waals surface area contributed by atoms with Gasteiger partial charge in [0.25, 0.3) is 5.91 Å². The molecule has 0 saturated carbocycles. The molecule has 1 aliphatic heterocycles. The molecular weight excluding hydrogens is 435 g/mol. The second-order valence-corrected chi connectivity index (χ2v) is 7.90. The van der Waals surface area contributed by atoms with E-state index < -0.39 is 0 Å². The number of rotatable bonds is 6. The maximum atomic E-state index is 12.8. The van der Waals surface area contributed by atoms with E-state index in [9.17, 15) is 4.79 Å².